The molecule has 5 nitrogen and oxygen atoms in total. The van der Waals surface area contributed by atoms with Crippen LogP contribution >= 0.6 is 0 Å². The number of tetrazole rings is 1. The Bertz CT molecular complexity index is 146. The molecular formula is C4H9N5. The van der Waals surface area contributed by atoms with Crippen LogP contribution < -0.4 is 5.43 Å². The van der Waals surface area contributed by atoms with Crippen LogP contribution in [0.2, 0.25) is 0 Å². The Kier molecular flexibility index (Phi) is 2.00. The molecule has 0 fully saturated rings. The number of rotatable bonds is 3. The molecule has 1 N–H and O–H groups in total. The van der Waals surface area contributed by atoms with Crippen molar-refractivity contribution in [3.63, 3.8) is 0 Å². The molecule has 0 aliphatic rings. The second-order valence-electron chi connectivity index (χ2n) is 1.66. The lowest BCUT2D eigenvalue weighted by Crippen LogP contribution is -2.15. The minimum absolute atomic E-state index is 0.894. The Hall–Kier alpha value is -1.13. The summed E-state index contributed by atoms with van der Waals surface area (Å²) in [5, 5.41) is 10.5. The Balaban J connectivity index is 2.30. The van der Waals surface area contributed by atoms with Crippen LogP contribution in [0.15, 0.2) is 6.33 Å². The molecule has 0 atom stereocenters. The Morgan fingerprint density at radius 3 is 3.11 bits per heavy atom. The molecule has 0 spiro atoms. The third-order valence-electron chi connectivity index (χ3n) is 0.873. The van der Waals surface area contributed by atoms with Crippen LogP contribution in [0.1, 0.15) is 13.3 Å². The summed E-state index contributed by atoms with van der Waals surface area (Å²) in [5.74, 6) is 0. The van der Waals surface area contributed by atoms with E-state index in [-0.39, 0.29) is 0 Å². The molecular weight excluding hydrogens is 118 g/mol. The zero-order chi connectivity index (χ0) is 6.53. The van der Waals surface area contributed by atoms with Gasteiger partial charge in [0.1, 0.15) is 0 Å². The van der Waals surface area contributed by atoms with E-state index in [1.165, 1.54) is 11.1 Å². The SMILES string of the molecule is CCCNn1cnnn1. The lowest BCUT2D eigenvalue weighted by Gasteiger charge is -1.98. The summed E-state index contributed by atoms with van der Waals surface area (Å²) in [7, 11) is 0. The van der Waals surface area contributed by atoms with Crippen molar-refractivity contribution in [2.75, 3.05) is 12.0 Å². The standard InChI is InChI=1S/C4H9N5/c1-2-3-6-9-4-5-7-8-9/h4,6H,2-3H2,1H3. The maximum atomic E-state index is 3.60. The average Bonchev–Trinajstić information content (AvgIpc) is 2.34. The summed E-state index contributed by atoms with van der Waals surface area (Å²) in [4.78, 5) is 1.49. The third kappa shape index (κ3) is 1.67. The molecule has 5 heteroatoms. The molecule has 0 bridgehead atoms. The van der Waals surface area contributed by atoms with Gasteiger partial charge < -0.3 is 5.43 Å². The van der Waals surface area contributed by atoms with Gasteiger partial charge in [-0.2, -0.15) is 0 Å². The highest BCUT2D eigenvalue weighted by Crippen LogP contribution is 1.72. The summed E-state index contributed by atoms with van der Waals surface area (Å²) in [6.45, 7) is 2.97. The van der Waals surface area contributed by atoms with Crippen molar-refractivity contribution >= 4 is 0 Å². The van der Waals surface area contributed by atoms with Crippen molar-refractivity contribution in [2.45, 2.75) is 13.3 Å². The fourth-order valence-electron chi connectivity index (χ4n) is 0.460. The van der Waals surface area contributed by atoms with Gasteiger partial charge in [0.25, 0.3) is 0 Å². The first-order chi connectivity index (χ1) is 4.43. The van der Waals surface area contributed by atoms with E-state index in [0.29, 0.717) is 0 Å². The van der Waals surface area contributed by atoms with Gasteiger partial charge in [-0.15, -0.1) is 9.89 Å². The van der Waals surface area contributed by atoms with Crippen LogP contribution in [0, 0.1) is 0 Å². The summed E-state index contributed by atoms with van der Waals surface area (Å²) >= 11 is 0. The summed E-state index contributed by atoms with van der Waals surface area (Å²) in [5.41, 5.74) is 2.95. The van der Waals surface area contributed by atoms with E-state index >= 15 is 0 Å². The van der Waals surface area contributed by atoms with E-state index in [0.717, 1.165) is 13.0 Å². The molecule has 1 aromatic rings. The predicted molar refractivity (Wildman–Crippen MR) is 32.3 cm³/mol. The van der Waals surface area contributed by atoms with E-state index in [9.17, 15) is 0 Å². The molecule has 0 saturated heterocycles. The van der Waals surface area contributed by atoms with Gasteiger partial charge >= 0.3 is 0 Å². The van der Waals surface area contributed by atoms with Crippen LogP contribution in [0.25, 0.3) is 0 Å². The van der Waals surface area contributed by atoms with Crippen LogP contribution in [-0.4, -0.2) is 26.9 Å². The zero-order valence-corrected chi connectivity index (χ0v) is 5.28. The molecule has 0 unspecified atom stereocenters. The van der Waals surface area contributed by atoms with Crippen molar-refractivity contribution < 1.29 is 0 Å². The largest absolute Gasteiger partial charge is 0.307 e. The van der Waals surface area contributed by atoms with E-state index in [4.69, 9.17) is 0 Å². The fourth-order valence-corrected chi connectivity index (χ4v) is 0.460. The molecule has 9 heavy (non-hydrogen) atoms. The maximum Gasteiger partial charge on any atom is 0.161 e. The van der Waals surface area contributed by atoms with Gasteiger partial charge in [-0.05, 0) is 16.8 Å². The molecule has 0 aromatic carbocycles. The van der Waals surface area contributed by atoms with Gasteiger partial charge in [-0.3, -0.25) is 0 Å². The average molecular weight is 127 g/mol. The molecule has 0 aliphatic heterocycles. The minimum Gasteiger partial charge on any atom is -0.307 e. The van der Waals surface area contributed by atoms with Crippen LogP contribution in [-0.2, 0) is 0 Å². The van der Waals surface area contributed by atoms with E-state index in [2.05, 4.69) is 27.9 Å². The zero-order valence-electron chi connectivity index (χ0n) is 5.28. The molecule has 0 radical (unpaired) electrons. The van der Waals surface area contributed by atoms with Crippen molar-refractivity contribution in [1.29, 1.82) is 0 Å². The highest BCUT2D eigenvalue weighted by atomic mass is 15.7. The van der Waals surface area contributed by atoms with Crippen molar-refractivity contribution in [1.82, 2.24) is 20.3 Å². The topological polar surface area (TPSA) is 55.6 Å². The second-order valence-corrected chi connectivity index (χ2v) is 1.66. The van der Waals surface area contributed by atoms with Crippen molar-refractivity contribution in [3.05, 3.63) is 6.33 Å². The summed E-state index contributed by atoms with van der Waals surface area (Å²) < 4.78 is 0. The Morgan fingerprint density at radius 2 is 2.56 bits per heavy atom. The van der Waals surface area contributed by atoms with Gasteiger partial charge in [-0.25, -0.2) is 0 Å². The molecule has 1 rings (SSSR count). The molecule has 0 aliphatic carbocycles. The maximum absolute atomic E-state index is 3.60. The van der Waals surface area contributed by atoms with E-state index in [1.807, 2.05) is 0 Å². The number of aromatic nitrogens is 4. The number of nitrogens with zero attached hydrogens (tertiary/aromatic N) is 4. The molecule has 0 amide bonds. The predicted octanol–water partition coefficient (Wildman–Crippen LogP) is -0.373. The number of hydrogen-bond donors (Lipinski definition) is 1. The lowest BCUT2D eigenvalue weighted by molar-refractivity contribution is 0.681. The Labute approximate surface area is 53.0 Å². The van der Waals surface area contributed by atoms with Crippen LogP contribution in [0.4, 0.5) is 0 Å². The highest BCUT2D eigenvalue weighted by Gasteiger charge is 1.84. The van der Waals surface area contributed by atoms with Crippen LogP contribution in [0.5, 0.6) is 0 Å². The first-order valence-corrected chi connectivity index (χ1v) is 2.90. The van der Waals surface area contributed by atoms with E-state index in [1.54, 1.807) is 0 Å². The van der Waals surface area contributed by atoms with Gasteiger partial charge in [0.2, 0.25) is 0 Å². The van der Waals surface area contributed by atoms with Gasteiger partial charge in [0.05, 0.1) is 0 Å². The first kappa shape index (κ1) is 6.00. The fraction of sp³-hybridized carbons (Fsp3) is 0.750. The van der Waals surface area contributed by atoms with Gasteiger partial charge in [-0.1, -0.05) is 6.92 Å². The molecule has 1 heterocycles. The minimum atomic E-state index is 0.894. The highest BCUT2D eigenvalue weighted by molar-refractivity contribution is 4.60. The lowest BCUT2D eigenvalue weighted by atomic mass is 10.5. The number of nitrogens with one attached hydrogen (secondary N) is 1. The second kappa shape index (κ2) is 3.01. The molecule has 1 aromatic heterocycles. The summed E-state index contributed by atoms with van der Waals surface area (Å²) in [6, 6.07) is 0. The first-order valence-electron chi connectivity index (χ1n) is 2.90. The molecule has 0 saturated carbocycles. The van der Waals surface area contributed by atoms with Crippen molar-refractivity contribution in [2.24, 2.45) is 0 Å². The quantitative estimate of drug-likeness (QED) is 0.601. The summed E-state index contributed by atoms with van der Waals surface area (Å²) in [6.07, 6.45) is 2.59. The van der Waals surface area contributed by atoms with E-state index < -0.39 is 0 Å². The number of hydrogen-bond acceptors (Lipinski definition) is 4. The monoisotopic (exact) mass is 127 g/mol. The van der Waals surface area contributed by atoms with Gasteiger partial charge in [0, 0.05) is 6.54 Å². The smallest absolute Gasteiger partial charge is 0.161 e. The van der Waals surface area contributed by atoms with Crippen LogP contribution in [0.3, 0.4) is 0 Å². The normalized spacial score (nSPS) is 9.44. The third-order valence-corrected chi connectivity index (χ3v) is 0.873. The van der Waals surface area contributed by atoms with Gasteiger partial charge in [0.15, 0.2) is 6.33 Å². The Morgan fingerprint density at radius 1 is 1.67 bits per heavy atom. The molecule has 50 valence electrons. The van der Waals surface area contributed by atoms with Crippen molar-refractivity contribution in [3.8, 4) is 0 Å².